The summed E-state index contributed by atoms with van der Waals surface area (Å²) in [5.41, 5.74) is -0.311. The zero-order chi connectivity index (χ0) is 20.8. The number of halogens is 1. The van der Waals surface area contributed by atoms with Crippen molar-refractivity contribution in [3.63, 3.8) is 0 Å². The van der Waals surface area contributed by atoms with E-state index in [1.165, 1.54) is 24.4 Å². The molecular weight excluding hydrogens is 383 g/mol. The van der Waals surface area contributed by atoms with Crippen molar-refractivity contribution in [3.05, 3.63) is 92.8 Å². The molecule has 1 aromatic carbocycles. The molecule has 1 N–H and O–H groups in total. The van der Waals surface area contributed by atoms with Gasteiger partial charge in [0.25, 0.3) is 11.2 Å². The van der Waals surface area contributed by atoms with E-state index in [2.05, 4.69) is 10.3 Å². The molecule has 148 valence electrons. The van der Waals surface area contributed by atoms with Crippen molar-refractivity contribution in [1.29, 1.82) is 0 Å². The summed E-state index contributed by atoms with van der Waals surface area (Å²) in [5.74, 6) is -0.561. The Labute approximate surface area is 163 Å². The highest BCUT2D eigenvalue weighted by Gasteiger charge is 2.12. The molecule has 2 aromatic heterocycles. The van der Waals surface area contributed by atoms with Gasteiger partial charge in [0.15, 0.2) is 0 Å². The minimum atomic E-state index is -0.653. The summed E-state index contributed by atoms with van der Waals surface area (Å²) in [7, 11) is 0. The lowest BCUT2D eigenvalue weighted by atomic mass is 10.2. The molecule has 1 amide bonds. The van der Waals surface area contributed by atoms with Gasteiger partial charge in [0.1, 0.15) is 18.1 Å². The molecule has 29 heavy (non-hydrogen) atoms. The average Bonchev–Trinajstić information content (AvgIpc) is 2.69. The van der Waals surface area contributed by atoms with Crippen LogP contribution in [-0.2, 0) is 17.9 Å². The van der Waals surface area contributed by atoms with Crippen molar-refractivity contribution in [2.45, 2.75) is 13.1 Å². The van der Waals surface area contributed by atoms with Gasteiger partial charge in [-0.05, 0) is 18.2 Å². The van der Waals surface area contributed by atoms with E-state index in [4.69, 9.17) is 4.74 Å². The van der Waals surface area contributed by atoms with E-state index < -0.39 is 22.2 Å². The maximum Gasteiger partial charge on any atom is 0.285 e. The largest absolute Gasteiger partial charge is 0.439 e. The van der Waals surface area contributed by atoms with Gasteiger partial charge in [-0.2, -0.15) is 0 Å². The normalized spacial score (nSPS) is 10.4. The molecule has 0 aliphatic rings. The Bertz CT molecular complexity index is 1120. The van der Waals surface area contributed by atoms with Crippen molar-refractivity contribution >= 4 is 11.6 Å². The van der Waals surface area contributed by atoms with Gasteiger partial charge in [-0.15, -0.1) is 0 Å². The number of ether oxygens (including phenoxy) is 1. The molecule has 9 nitrogen and oxygen atoms in total. The summed E-state index contributed by atoms with van der Waals surface area (Å²) in [4.78, 5) is 38.2. The smallest absolute Gasteiger partial charge is 0.285 e. The summed E-state index contributed by atoms with van der Waals surface area (Å²) >= 11 is 0. The predicted molar refractivity (Wildman–Crippen MR) is 99.9 cm³/mol. The standard InChI is InChI=1S/C19H15FN4O5/c20-14-4-1-5-16(9-14)29-19-13(3-2-8-21-19)10-22-17(25)12-23-11-15(24(27)28)6-7-18(23)26/h1-9,11H,10,12H2,(H,22,25). The van der Waals surface area contributed by atoms with Crippen molar-refractivity contribution < 1.29 is 18.8 Å². The minimum absolute atomic E-state index is 0.0288. The first kappa shape index (κ1) is 19.7. The molecule has 0 saturated heterocycles. The fourth-order valence-electron chi connectivity index (χ4n) is 2.45. The molecule has 0 aliphatic carbocycles. The lowest BCUT2D eigenvalue weighted by Gasteiger charge is -2.11. The molecule has 0 unspecified atom stereocenters. The molecule has 3 aromatic rings. The maximum atomic E-state index is 13.3. The Hall–Kier alpha value is -4.08. The number of nitro groups is 1. The number of amides is 1. The quantitative estimate of drug-likeness (QED) is 0.483. The first-order chi connectivity index (χ1) is 13.9. The lowest BCUT2D eigenvalue weighted by Crippen LogP contribution is -2.31. The van der Waals surface area contributed by atoms with Crippen LogP contribution in [0.3, 0.4) is 0 Å². The van der Waals surface area contributed by atoms with Gasteiger partial charge in [0.05, 0.1) is 11.1 Å². The third-order valence-corrected chi connectivity index (χ3v) is 3.83. The van der Waals surface area contributed by atoms with Gasteiger partial charge in [-0.1, -0.05) is 12.1 Å². The summed E-state index contributed by atoms with van der Waals surface area (Å²) < 4.78 is 19.8. The van der Waals surface area contributed by atoms with Gasteiger partial charge in [-0.25, -0.2) is 9.37 Å². The molecule has 10 heteroatoms. The number of pyridine rings is 2. The molecule has 3 rings (SSSR count). The highest BCUT2D eigenvalue weighted by molar-refractivity contribution is 5.75. The fourth-order valence-corrected chi connectivity index (χ4v) is 2.45. The third-order valence-electron chi connectivity index (χ3n) is 3.83. The molecule has 0 atom stereocenters. The van der Waals surface area contributed by atoms with Gasteiger partial charge >= 0.3 is 0 Å². The van der Waals surface area contributed by atoms with E-state index in [9.17, 15) is 24.1 Å². The zero-order valence-electron chi connectivity index (χ0n) is 14.9. The summed E-state index contributed by atoms with van der Waals surface area (Å²) in [5, 5.41) is 13.4. The molecular formula is C19H15FN4O5. The number of rotatable bonds is 7. The number of hydrogen-bond acceptors (Lipinski definition) is 6. The second kappa shape index (κ2) is 8.74. The van der Waals surface area contributed by atoms with Gasteiger partial charge < -0.3 is 10.1 Å². The van der Waals surface area contributed by atoms with E-state index in [0.29, 0.717) is 5.56 Å². The van der Waals surface area contributed by atoms with Crippen LogP contribution in [0.2, 0.25) is 0 Å². The van der Waals surface area contributed by atoms with Crippen LogP contribution in [0.5, 0.6) is 11.6 Å². The van der Waals surface area contributed by atoms with Crippen LogP contribution < -0.4 is 15.6 Å². The number of carbonyl (C=O) groups is 1. The lowest BCUT2D eigenvalue weighted by molar-refractivity contribution is -0.385. The molecule has 0 spiro atoms. The molecule has 2 heterocycles. The summed E-state index contributed by atoms with van der Waals surface area (Å²) in [6, 6.07) is 10.9. The predicted octanol–water partition coefficient (Wildman–Crippen LogP) is 2.40. The van der Waals surface area contributed by atoms with Crippen LogP contribution in [0.15, 0.2) is 65.7 Å². The second-order valence-corrected chi connectivity index (χ2v) is 5.91. The van der Waals surface area contributed by atoms with E-state index in [1.807, 2.05) is 0 Å². The van der Waals surface area contributed by atoms with Crippen molar-refractivity contribution in [3.8, 4) is 11.6 Å². The number of nitrogens with zero attached hydrogens (tertiary/aromatic N) is 3. The van der Waals surface area contributed by atoms with Crippen LogP contribution in [0.25, 0.3) is 0 Å². The van der Waals surface area contributed by atoms with Crippen LogP contribution in [0, 0.1) is 15.9 Å². The Morgan fingerprint density at radius 3 is 2.83 bits per heavy atom. The molecule has 0 saturated carbocycles. The van der Waals surface area contributed by atoms with E-state index in [0.717, 1.165) is 22.9 Å². The van der Waals surface area contributed by atoms with Crippen LogP contribution in [0.1, 0.15) is 5.56 Å². The number of benzene rings is 1. The van der Waals surface area contributed by atoms with Gasteiger partial charge in [0, 0.05) is 36.5 Å². The highest BCUT2D eigenvalue weighted by Crippen LogP contribution is 2.23. The average molecular weight is 398 g/mol. The Balaban J connectivity index is 1.67. The molecule has 0 bridgehead atoms. The SMILES string of the molecule is O=C(Cn1cc([N+](=O)[O-])ccc1=O)NCc1cccnc1Oc1cccc(F)c1. The molecule has 0 aliphatic heterocycles. The van der Waals surface area contributed by atoms with Gasteiger partial charge in [0.2, 0.25) is 11.8 Å². The maximum absolute atomic E-state index is 13.3. The highest BCUT2D eigenvalue weighted by atomic mass is 19.1. The number of hydrogen-bond donors (Lipinski definition) is 1. The Morgan fingerprint density at radius 1 is 1.24 bits per heavy atom. The minimum Gasteiger partial charge on any atom is -0.439 e. The topological polar surface area (TPSA) is 116 Å². The Morgan fingerprint density at radius 2 is 2.07 bits per heavy atom. The van der Waals surface area contributed by atoms with E-state index in [1.54, 1.807) is 18.2 Å². The van der Waals surface area contributed by atoms with Crippen molar-refractivity contribution in [1.82, 2.24) is 14.9 Å². The van der Waals surface area contributed by atoms with Crippen LogP contribution in [-0.4, -0.2) is 20.4 Å². The van der Waals surface area contributed by atoms with Crippen molar-refractivity contribution in [2.24, 2.45) is 0 Å². The number of aromatic nitrogens is 2. The summed E-state index contributed by atoms with van der Waals surface area (Å²) in [6.45, 7) is -0.359. The number of carbonyl (C=O) groups excluding carboxylic acids is 1. The van der Waals surface area contributed by atoms with Crippen molar-refractivity contribution in [2.75, 3.05) is 0 Å². The zero-order valence-corrected chi connectivity index (χ0v) is 14.9. The monoisotopic (exact) mass is 398 g/mol. The first-order valence-electron chi connectivity index (χ1n) is 8.41. The molecule has 0 radical (unpaired) electrons. The Kier molecular flexibility index (Phi) is 5.93. The van der Waals surface area contributed by atoms with E-state index in [-0.39, 0.29) is 30.4 Å². The first-order valence-corrected chi connectivity index (χ1v) is 8.41. The molecule has 0 fully saturated rings. The van der Waals surface area contributed by atoms with Crippen LogP contribution >= 0.6 is 0 Å². The van der Waals surface area contributed by atoms with Crippen LogP contribution in [0.4, 0.5) is 10.1 Å². The summed E-state index contributed by atoms with van der Waals surface area (Å²) in [6.07, 6.45) is 2.49. The fraction of sp³-hybridized carbons (Fsp3) is 0.105. The second-order valence-electron chi connectivity index (χ2n) is 5.91. The third kappa shape index (κ3) is 5.22. The van der Waals surface area contributed by atoms with E-state index >= 15 is 0 Å². The van der Waals surface area contributed by atoms with Gasteiger partial charge in [-0.3, -0.25) is 24.3 Å². The number of nitrogens with one attached hydrogen (secondary N) is 1.